The average Bonchev–Trinajstić information content (AvgIpc) is 3.05. The highest BCUT2D eigenvalue weighted by molar-refractivity contribution is 6.41. The van der Waals surface area contributed by atoms with Gasteiger partial charge in [-0.1, -0.05) is 11.6 Å². The van der Waals surface area contributed by atoms with Gasteiger partial charge in [0.1, 0.15) is 5.02 Å². The molecule has 0 saturated carbocycles. The zero-order chi connectivity index (χ0) is 38.4. The fraction of sp³-hybridized carbons (Fsp3) is 0.424. The first-order valence-corrected chi connectivity index (χ1v) is 16.3. The largest absolute Gasteiger partial charge is 0.458 e. The zero-order valence-electron chi connectivity index (χ0n) is 28.1. The third kappa shape index (κ3) is 11.5. The molecule has 4 N–H and O–H groups in total. The van der Waals surface area contributed by atoms with Crippen molar-refractivity contribution < 1.29 is 45.5 Å². The highest BCUT2D eigenvalue weighted by Gasteiger charge is 2.54. The van der Waals surface area contributed by atoms with E-state index in [0.29, 0.717) is 42.7 Å². The van der Waals surface area contributed by atoms with Crippen molar-refractivity contribution in [3.05, 3.63) is 59.0 Å². The molecule has 12 nitrogen and oxygen atoms in total. The summed E-state index contributed by atoms with van der Waals surface area (Å²) in [5, 5.41) is 13.0. The van der Waals surface area contributed by atoms with Gasteiger partial charge in [-0.2, -0.15) is 31.3 Å². The van der Waals surface area contributed by atoms with E-state index in [2.05, 4.69) is 36.2 Å². The SMILES string of the molecule is CC(C)(C)NC(=O)N1CCC(CC(=O)Nc2ccc3cc2CCc2cncc(c2)Nc2ncc(Cl)c(n2)N3)CC1.O=C(C(=O)C(F)(F)F)C(F)(F)F. The number of fused-ring (bicyclic) bond motifs is 6. The van der Waals surface area contributed by atoms with E-state index < -0.39 is 23.9 Å². The van der Waals surface area contributed by atoms with E-state index in [1.807, 2.05) is 56.1 Å². The maximum Gasteiger partial charge on any atom is 0.458 e. The number of aryl methyl sites for hydroxylation is 2. The number of alkyl halides is 6. The number of nitrogens with one attached hydrogen (secondary N) is 4. The number of likely N-dealkylation sites (tertiary alicyclic amines) is 1. The summed E-state index contributed by atoms with van der Waals surface area (Å²) in [6.07, 6.45) is -2.95. The lowest BCUT2D eigenvalue weighted by Gasteiger charge is -2.34. The van der Waals surface area contributed by atoms with E-state index in [1.165, 1.54) is 0 Å². The molecule has 4 heterocycles. The normalized spacial score (nSPS) is 14.8. The number of benzene rings is 1. The number of carbonyl (C=O) groups is 4. The van der Waals surface area contributed by atoms with Gasteiger partial charge in [-0.05, 0) is 87.8 Å². The van der Waals surface area contributed by atoms with Crippen molar-refractivity contribution in [1.29, 1.82) is 0 Å². The molecule has 2 aromatic heterocycles. The standard InChI is InChI=1S/C29H35ClN8O2.C4F6O2/c1-29(2,3)37-28(40)38-10-8-18(9-11-38)13-25(39)35-24-7-6-21-14-20(24)5-4-19-12-22(16-31-15-19)34-27-32-17-23(30)26(33-21)36-27;5-3(6,7)1(11)2(12)4(8,9)10/h6-7,12,14-18H,4-5,8-11,13H2,1-3H3,(H,35,39)(H,37,40)(H2,32,33,34,36);. The predicted octanol–water partition coefficient (Wildman–Crippen LogP) is 6.91. The molecular weight excluding hydrogens is 722 g/mol. The smallest absolute Gasteiger partial charge is 0.339 e. The number of urea groups is 1. The number of nitrogens with zero attached hydrogens (tertiary/aromatic N) is 4. The molecule has 5 rings (SSSR count). The molecule has 0 unspecified atom stereocenters. The van der Waals surface area contributed by atoms with Crippen LogP contribution in [0, 0.1) is 5.92 Å². The first-order chi connectivity index (χ1) is 24.2. The number of carbonyl (C=O) groups excluding carboxylic acids is 4. The molecule has 0 atom stereocenters. The Morgan fingerprint density at radius 1 is 0.885 bits per heavy atom. The first-order valence-electron chi connectivity index (χ1n) is 15.9. The van der Waals surface area contributed by atoms with Crippen molar-refractivity contribution in [1.82, 2.24) is 25.2 Å². The second-order valence-electron chi connectivity index (χ2n) is 13.1. The lowest BCUT2D eigenvalue weighted by Crippen LogP contribution is -2.50. The minimum atomic E-state index is -5.77. The number of Topliss-reactive ketones (excluding diaryl/α,β-unsaturated/α-hetero) is 2. The Labute approximate surface area is 299 Å². The predicted molar refractivity (Wildman–Crippen MR) is 180 cm³/mol. The maximum atomic E-state index is 13.1. The number of anilines is 5. The summed E-state index contributed by atoms with van der Waals surface area (Å²) in [5.74, 6) is -5.71. The second-order valence-corrected chi connectivity index (χ2v) is 13.5. The number of ketones is 2. The monoisotopic (exact) mass is 756 g/mol. The molecule has 3 amide bonds. The van der Waals surface area contributed by atoms with Crippen molar-refractivity contribution in [2.45, 2.75) is 70.8 Å². The number of piperidine rings is 1. The highest BCUT2D eigenvalue weighted by Crippen LogP contribution is 2.30. The van der Waals surface area contributed by atoms with E-state index in [4.69, 9.17) is 11.6 Å². The molecule has 2 aliphatic rings. The molecule has 0 aliphatic carbocycles. The number of halogens is 7. The number of pyridine rings is 1. The van der Waals surface area contributed by atoms with Crippen LogP contribution in [0.25, 0.3) is 0 Å². The van der Waals surface area contributed by atoms with Crippen molar-refractivity contribution in [2.24, 2.45) is 5.92 Å². The molecule has 3 aromatic rings. The summed E-state index contributed by atoms with van der Waals surface area (Å²) in [5.41, 5.74) is 4.15. The molecule has 1 aromatic carbocycles. The van der Waals surface area contributed by atoms with Gasteiger partial charge in [0, 0.05) is 42.6 Å². The Balaban J connectivity index is 0.000000434. The highest BCUT2D eigenvalue weighted by atomic mass is 35.5. The molecule has 1 fully saturated rings. The lowest BCUT2D eigenvalue weighted by atomic mass is 9.93. The fourth-order valence-corrected chi connectivity index (χ4v) is 5.35. The van der Waals surface area contributed by atoms with E-state index in [1.54, 1.807) is 12.4 Å². The third-order valence-electron chi connectivity index (χ3n) is 7.70. The van der Waals surface area contributed by atoms with Gasteiger partial charge in [-0.25, -0.2) is 9.78 Å². The van der Waals surface area contributed by atoms with Gasteiger partial charge in [0.15, 0.2) is 5.82 Å². The molecule has 6 bridgehead atoms. The lowest BCUT2D eigenvalue weighted by molar-refractivity contribution is -0.193. The Hall–Kier alpha value is -5.00. The quantitative estimate of drug-likeness (QED) is 0.164. The molecule has 0 radical (unpaired) electrons. The second kappa shape index (κ2) is 16.1. The van der Waals surface area contributed by atoms with Crippen LogP contribution in [0.15, 0.2) is 42.9 Å². The molecule has 19 heteroatoms. The average molecular weight is 757 g/mol. The molecule has 2 aliphatic heterocycles. The van der Waals surface area contributed by atoms with Crippen molar-refractivity contribution >= 4 is 63.9 Å². The summed E-state index contributed by atoms with van der Waals surface area (Å²) in [6, 6.07) is 7.81. The van der Waals surface area contributed by atoms with Crippen LogP contribution in [0.4, 0.5) is 60.0 Å². The van der Waals surface area contributed by atoms with E-state index >= 15 is 0 Å². The maximum absolute atomic E-state index is 13.1. The molecular formula is C33H35ClF6N8O4. The third-order valence-corrected chi connectivity index (χ3v) is 7.98. The Kier molecular flexibility index (Phi) is 12.3. The summed E-state index contributed by atoms with van der Waals surface area (Å²) < 4.78 is 67.0. The van der Waals surface area contributed by atoms with E-state index in [-0.39, 0.29) is 23.4 Å². The van der Waals surface area contributed by atoms with Gasteiger partial charge >= 0.3 is 30.0 Å². The molecule has 52 heavy (non-hydrogen) atoms. The molecule has 280 valence electrons. The van der Waals surface area contributed by atoms with E-state index in [0.717, 1.165) is 47.5 Å². The van der Waals surface area contributed by atoms with Crippen LogP contribution >= 0.6 is 11.6 Å². The van der Waals surface area contributed by atoms with Crippen LogP contribution in [0.3, 0.4) is 0 Å². The fourth-order valence-electron chi connectivity index (χ4n) is 5.21. The van der Waals surface area contributed by atoms with Crippen LogP contribution in [0.2, 0.25) is 5.02 Å². The number of hydrogen-bond acceptors (Lipinski definition) is 9. The number of rotatable bonds is 4. The van der Waals surface area contributed by atoms with Gasteiger partial charge in [0.2, 0.25) is 11.9 Å². The summed E-state index contributed by atoms with van der Waals surface area (Å²) in [6.45, 7) is 7.23. The van der Waals surface area contributed by atoms with Crippen molar-refractivity contribution in [3.63, 3.8) is 0 Å². The van der Waals surface area contributed by atoms with Gasteiger partial charge in [0.05, 0.1) is 18.1 Å². The number of hydrogen-bond donors (Lipinski definition) is 4. The summed E-state index contributed by atoms with van der Waals surface area (Å²) in [7, 11) is 0. The summed E-state index contributed by atoms with van der Waals surface area (Å²) >= 11 is 6.37. The summed E-state index contributed by atoms with van der Waals surface area (Å²) in [4.78, 5) is 59.8. The Morgan fingerprint density at radius 3 is 2.15 bits per heavy atom. The molecule has 1 saturated heterocycles. The van der Waals surface area contributed by atoms with Crippen LogP contribution in [-0.2, 0) is 27.2 Å². The minimum absolute atomic E-state index is 0.0196. The van der Waals surface area contributed by atoms with Gasteiger partial charge in [-0.3, -0.25) is 19.4 Å². The Morgan fingerprint density at radius 2 is 1.54 bits per heavy atom. The number of aromatic nitrogens is 3. The van der Waals surface area contributed by atoms with Crippen molar-refractivity contribution in [3.8, 4) is 0 Å². The number of amides is 3. The Bertz CT molecular complexity index is 1780. The minimum Gasteiger partial charge on any atom is -0.339 e. The first kappa shape index (κ1) is 39.8. The van der Waals surface area contributed by atoms with Gasteiger partial charge < -0.3 is 26.2 Å². The zero-order valence-corrected chi connectivity index (χ0v) is 28.9. The van der Waals surface area contributed by atoms with Crippen LogP contribution < -0.4 is 21.3 Å². The van der Waals surface area contributed by atoms with Crippen molar-refractivity contribution in [2.75, 3.05) is 29.0 Å². The van der Waals surface area contributed by atoms with Crippen LogP contribution in [-0.4, -0.2) is 74.3 Å². The van der Waals surface area contributed by atoms with Crippen LogP contribution in [0.5, 0.6) is 0 Å². The van der Waals surface area contributed by atoms with Crippen LogP contribution in [0.1, 0.15) is 51.2 Å². The topological polar surface area (TPSA) is 158 Å². The van der Waals surface area contributed by atoms with Gasteiger partial charge in [0.25, 0.3) is 0 Å². The van der Waals surface area contributed by atoms with Gasteiger partial charge in [-0.15, -0.1) is 0 Å². The van der Waals surface area contributed by atoms with E-state index in [9.17, 15) is 45.5 Å². The molecule has 0 spiro atoms.